The summed E-state index contributed by atoms with van der Waals surface area (Å²) in [7, 11) is 0. The van der Waals surface area contributed by atoms with Crippen molar-refractivity contribution >= 4 is 35.3 Å². The van der Waals surface area contributed by atoms with E-state index in [1.807, 2.05) is 24.3 Å². The molecule has 0 aliphatic heterocycles. The standard InChI is InChI=1S/C11H9N5S/c17-8-3-1-7(2-4-8)16-11-9-10(13-5-12-9)14-6-15-11/h1-6,17H,(H2,12,13,14,15,16). The average molecular weight is 243 g/mol. The Hall–Kier alpha value is -2.08. The van der Waals surface area contributed by atoms with Crippen LogP contribution in [-0.2, 0) is 0 Å². The Labute approximate surface area is 103 Å². The van der Waals surface area contributed by atoms with Crippen LogP contribution in [0.1, 0.15) is 0 Å². The maximum absolute atomic E-state index is 4.24. The molecule has 2 heterocycles. The number of fused-ring (bicyclic) bond motifs is 1. The van der Waals surface area contributed by atoms with Crippen molar-refractivity contribution in [2.45, 2.75) is 4.90 Å². The van der Waals surface area contributed by atoms with Gasteiger partial charge in [0, 0.05) is 10.6 Å². The number of benzene rings is 1. The van der Waals surface area contributed by atoms with Gasteiger partial charge in [0.05, 0.1) is 6.33 Å². The molecule has 0 saturated heterocycles. The van der Waals surface area contributed by atoms with E-state index < -0.39 is 0 Å². The van der Waals surface area contributed by atoms with Crippen LogP contribution in [0.25, 0.3) is 11.2 Å². The summed E-state index contributed by atoms with van der Waals surface area (Å²) in [6.07, 6.45) is 3.08. The van der Waals surface area contributed by atoms with Gasteiger partial charge in [-0.25, -0.2) is 15.0 Å². The number of hydrogen-bond acceptors (Lipinski definition) is 5. The van der Waals surface area contributed by atoms with Crippen LogP contribution in [0.15, 0.2) is 41.8 Å². The van der Waals surface area contributed by atoms with E-state index >= 15 is 0 Å². The van der Waals surface area contributed by atoms with Gasteiger partial charge in [-0.15, -0.1) is 12.6 Å². The predicted octanol–water partition coefficient (Wildman–Crippen LogP) is 2.39. The number of imidazole rings is 1. The fourth-order valence-corrected chi connectivity index (χ4v) is 1.69. The summed E-state index contributed by atoms with van der Waals surface area (Å²) in [6, 6.07) is 7.70. The van der Waals surface area contributed by atoms with E-state index in [4.69, 9.17) is 0 Å². The second-order valence-electron chi connectivity index (χ2n) is 3.50. The van der Waals surface area contributed by atoms with Crippen molar-refractivity contribution < 1.29 is 0 Å². The Morgan fingerprint density at radius 2 is 1.88 bits per heavy atom. The van der Waals surface area contributed by atoms with Gasteiger partial charge < -0.3 is 10.3 Å². The molecule has 0 unspecified atom stereocenters. The molecule has 0 atom stereocenters. The van der Waals surface area contributed by atoms with Gasteiger partial charge in [0.15, 0.2) is 11.5 Å². The summed E-state index contributed by atoms with van der Waals surface area (Å²) in [4.78, 5) is 16.2. The number of rotatable bonds is 2. The number of hydrogen-bond donors (Lipinski definition) is 3. The maximum atomic E-state index is 4.24. The molecular weight excluding hydrogens is 234 g/mol. The van der Waals surface area contributed by atoms with Crippen molar-refractivity contribution in [3.05, 3.63) is 36.9 Å². The minimum atomic E-state index is 0.647. The predicted molar refractivity (Wildman–Crippen MR) is 68.7 cm³/mol. The van der Waals surface area contributed by atoms with E-state index in [0.29, 0.717) is 11.5 Å². The number of thiol groups is 1. The summed E-state index contributed by atoms with van der Waals surface area (Å²) in [5.74, 6) is 0.708. The molecule has 0 bridgehead atoms. The third kappa shape index (κ3) is 1.94. The van der Waals surface area contributed by atoms with Gasteiger partial charge in [0.1, 0.15) is 11.8 Å². The number of nitrogens with zero attached hydrogens (tertiary/aromatic N) is 3. The molecule has 3 rings (SSSR count). The molecule has 84 valence electrons. The summed E-state index contributed by atoms with van der Waals surface area (Å²) in [5.41, 5.74) is 2.38. The lowest BCUT2D eigenvalue weighted by molar-refractivity contribution is 1.20. The highest BCUT2D eigenvalue weighted by atomic mass is 32.1. The Morgan fingerprint density at radius 1 is 1.06 bits per heavy atom. The molecule has 0 spiro atoms. The molecule has 3 aromatic rings. The molecular formula is C11H9N5S. The van der Waals surface area contributed by atoms with Crippen molar-refractivity contribution in [1.29, 1.82) is 0 Å². The summed E-state index contributed by atoms with van der Waals surface area (Å²) < 4.78 is 0. The highest BCUT2D eigenvalue weighted by Crippen LogP contribution is 2.20. The molecule has 6 heteroatoms. The number of anilines is 2. The molecule has 5 nitrogen and oxygen atoms in total. The topological polar surface area (TPSA) is 66.5 Å². The van der Waals surface area contributed by atoms with E-state index in [0.717, 1.165) is 16.1 Å². The average Bonchev–Trinajstić information content (AvgIpc) is 2.81. The van der Waals surface area contributed by atoms with Crippen LogP contribution in [-0.4, -0.2) is 19.9 Å². The Morgan fingerprint density at radius 3 is 2.71 bits per heavy atom. The van der Waals surface area contributed by atoms with Gasteiger partial charge in [-0.05, 0) is 24.3 Å². The minimum Gasteiger partial charge on any atom is -0.340 e. The highest BCUT2D eigenvalue weighted by molar-refractivity contribution is 7.80. The molecule has 0 fully saturated rings. The number of aromatic nitrogens is 4. The third-order valence-electron chi connectivity index (χ3n) is 2.35. The molecule has 0 aliphatic carbocycles. The van der Waals surface area contributed by atoms with E-state index in [-0.39, 0.29) is 0 Å². The monoisotopic (exact) mass is 243 g/mol. The number of H-pyrrole nitrogens is 1. The normalized spacial score (nSPS) is 10.6. The molecule has 0 amide bonds. The van der Waals surface area contributed by atoms with Crippen LogP contribution in [0, 0.1) is 0 Å². The van der Waals surface area contributed by atoms with Gasteiger partial charge in [-0.3, -0.25) is 0 Å². The molecule has 2 N–H and O–H groups in total. The third-order valence-corrected chi connectivity index (χ3v) is 2.65. The first-order valence-electron chi connectivity index (χ1n) is 5.03. The first kappa shape index (κ1) is 10.1. The Kier molecular flexibility index (Phi) is 2.41. The van der Waals surface area contributed by atoms with Gasteiger partial charge in [0.25, 0.3) is 0 Å². The minimum absolute atomic E-state index is 0.647. The lowest BCUT2D eigenvalue weighted by Crippen LogP contribution is -1.95. The van der Waals surface area contributed by atoms with E-state index in [9.17, 15) is 0 Å². The molecule has 2 aromatic heterocycles. The van der Waals surface area contributed by atoms with Crippen LogP contribution >= 0.6 is 12.6 Å². The molecule has 0 aliphatic rings. The number of nitrogens with one attached hydrogen (secondary N) is 2. The second-order valence-corrected chi connectivity index (χ2v) is 4.01. The van der Waals surface area contributed by atoms with Crippen LogP contribution < -0.4 is 5.32 Å². The van der Waals surface area contributed by atoms with Crippen molar-refractivity contribution in [2.24, 2.45) is 0 Å². The SMILES string of the molecule is Sc1ccc(Nc2ncnc3nc[nH]c23)cc1. The zero-order chi connectivity index (χ0) is 11.7. The van der Waals surface area contributed by atoms with Crippen molar-refractivity contribution in [2.75, 3.05) is 5.32 Å². The van der Waals surface area contributed by atoms with Crippen molar-refractivity contribution in [3.8, 4) is 0 Å². The lowest BCUT2D eigenvalue weighted by atomic mass is 10.3. The zero-order valence-electron chi connectivity index (χ0n) is 8.75. The van der Waals surface area contributed by atoms with Gasteiger partial charge in [-0.2, -0.15) is 0 Å². The maximum Gasteiger partial charge on any atom is 0.182 e. The van der Waals surface area contributed by atoms with Crippen LogP contribution in [0.3, 0.4) is 0 Å². The van der Waals surface area contributed by atoms with Gasteiger partial charge in [-0.1, -0.05) is 0 Å². The van der Waals surface area contributed by atoms with Crippen LogP contribution in [0.5, 0.6) is 0 Å². The number of aromatic amines is 1. The van der Waals surface area contributed by atoms with Crippen LogP contribution in [0.4, 0.5) is 11.5 Å². The lowest BCUT2D eigenvalue weighted by Gasteiger charge is -2.05. The van der Waals surface area contributed by atoms with E-state index in [1.165, 1.54) is 6.33 Å². The van der Waals surface area contributed by atoms with Crippen LogP contribution in [0.2, 0.25) is 0 Å². The van der Waals surface area contributed by atoms with Gasteiger partial charge in [0.2, 0.25) is 0 Å². The quantitative estimate of drug-likeness (QED) is 0.605. The molecule has 0 radical (unpaired) electrons. The largest absolute Gasteiger partial charge is 0.340 e. The fraction of sp³-hybridized carbons (Fsp3) is 0. The van der Waals surface area contributed by atoms with Crippen molar-refractivity contribution in [1.82, 2.24) is 19.9 Å². The summed E-state index contributed by atoms with van der Waals surface area (Å²) in [5, 5.41) is 3.20. The molecule has 1 aromatic carbocycles. The second kappa shape index (κ2) is 4.06. The van der Waals surface area contributed by atoms with Crippen molar-refractivity contribution in [3.63, 3.8) is 0 Å². The highest BCUT2D eigenvalue weighted by Gasteiger charge is 2.05. The Bertz CT molecular complexity index is 646. The van der Waals surface area contributed by atoms with E-state index in [1.54, 1.807) is 6.33 Å². The zero-order valence-corrected chi connectivity index (χ0v) is 9.65. The summed E-state index contributed by atoms with van der Waals surface area (Å²) in [6.45, 7) is 0. The first-order valence-corrected chi connectivity index (χ1v) is 5.48. The molecule has 17 heavy (non-hydrogen) atoms. The fourth-order valence-electron chi connectivity index (χ4n) is 1.54. The smallest absolute Gasteiger partial charge is 0.182 e. The Balaban J connectivity index is 1.99. The van der Waals surface area contributed by atoms with Gasteiger partial charge >= 0.3 is 0 Å². The van der Waals surface area contributed by atoms with E-state index in [2.05, 4.69) is 37.9 Å². The molecule has 0 saturated carbocycles. The first-order chi connectivity index (χ1) is 8.33. The summed E-state index contributed by atoms with van der Waals surface area (Å²) >= 11 is 4.24.